The maximum Gasteiger partial charge on any atom is 0.248 e. The van der Waals surface area contributed by atoms with Crippen LogP contribution in [-0.2, 0) is 4.79 Å². The highest BCUT2D eigenvalue weighted by Crippen LogP contribution is 2.28. The van der Waals surface area contributed by atoms with E-state index in [9.17, 15) is 4.79 Å². The largest absolute Gasteiger partial charge is 0.370 e. The number of para-hydroxylation sites is 2. The quantitative estimate of drug-likeness (QED) is 0.662. The van der Waals surface area contributed by atoms with E-state index in [1.54, 1.807) is 12.2 Å². The number of nitrogens with zero attached hydrogens (tertiary/aromatic N) is 1. The highest BCUT2D eigenvalue weighted by atomic mass is 16.1. The molecule has 1 saturated heterocycles. The summed E-state index contributed by atoms with van der Waals surface area (Å²) in [7, 11) is 0. The molecule has 0 atom stereocenters. The van der Waals surface area contributed by atoms with Gasteiger partial charge in [0.05, 0.1) is 11.4 Å². The molecule has 0 spiro atoms. The minimum absolute atomic E-state index is 0.0928. The van der Waals surface area contributed by atoms with Gasteiger partial charge in [0.2, 0.25) is 5.91 Å². The van der Waals surface area contributed by atoms with Crippen molar-refractivity contribution < 1.29 is 4.79 Å². The molecule has 1 fully saturated rings. The molecule has 0 unspecified atom stereocenters. The number of allylic oxidation sites excluding steroid dienone is 3. The third-order valence-corrected chi connectivity index (χ3v) is 3.16. The Morgan fingerprint density at radius 2 is 1.95 bits per heavy atom. The fourth-order valence-corrected chi connectivity index (χ4v) is 2.24. The van der Waals surface area contributed by atoms with Gasteiger partial charge in [-0.25, -0.2) is 0 Å². The van der Waals surface area contributed by atoms with E-state index in [4.69, 9.17) is 0 Å². The van der Waals surface area contributed by atoms with Crippen LogP contribution in [0, 0.1) is 0 Å². The van der Waals surface area contributed by atoms with Crippen molar-refractivity contribution in [3.63, 3.8) is 0 Å². The molecule has 1 N–H and O–H groups in total. The zero-order valence-corrected chi connectivity index (χ0v) is 11.3. The third-order valence-electron chi connectivity index (χ3n) is 3.16. The number of nitrogens with one attached hydrogen (secondary N) is 1. The summed E-state index contributed by atoms with van der Waals surface area (Å²) in [6.07, 6.45) is 9.47. The van der Waals surface area contributed by atoms with Crippen LogP contribution in [0.25, 0.3) is 0 Å². The van der Waals surface area contributed by atoms with Crippen LogP contribution in [0.1, 0.15) is 19.8 Å². The first-order valence-corrected chi connectivity index (χ1v) is 6.75. The number of hydrogen-bond acceptors (Lipinski definition) is 2. The Balaban J connectivity index is 2.09. The van der Waals surface area contributed by atoms with Crippen LogP contribution in [0.15, 0.2) is 48.6 Å². The van der Waals surface area contributed by atoms with E-state index < -0.39 is 0 Å². The zero-order valence-electron chi connectivity index (χ0n) is 11.3. The van der Waals surface area contributed by atoms with Gasteiger partial charge in [-0.05, 0) is 31.9 Å². The molecule has 0 saturated carbocycles. The molecule has 1 amide bonds. The van der Waals surface area contributed by atoms with Crippen molar-refractivity contribution in [3.05, 3.63) is 48.6 Å². The molecule has 1 aliphatic rings. The van der Waals surface area contributed by atoms with Gasteiger partial charge in [0, 0.05) is 19.2 Å². The molecule has 3 heteroatoms. The Hall–Kier alpha value is -2.03. The van der Waals surface area contributed by atoms with Crippen LogP contribution in [0.5, 0.6) is 0 Å². The van der Waals surface area contributed by atoms with Crippen molar-refractivity contribution >= 4 is 17.3 Å². The Kier molecular flexibility index (Phi) is 4.78. The number of amides is 1. The minimum atomic E-state index is -0.0928. The topological polar surface area (TPSA) is 32.3 Å². The van der Waals surface area contributed by atoms with E-state index in [1.807, 2.05) is 37.3 Å². The molecule has 0 bridgehead atoms. The first-order valence-electron chi connectivity index (χ1n) is 6.75. The van der Waals surface area contributed by atoms with Crippen molar-refractivity contribution in [3.8, 4) is 0 Å². The minimum Gasteiger partial charge on any atom is -0.370 e. The Morgan fingerprint density at radius 1 is 1.21 bits per heavy atom. The SMILES string of the molecule is C/C=C/C=C/C(=O)Nc1ccccc1N1CCCC1. The van der Waals surface area contributed by atoms with Crippen molar-refractivity contribution in [1.29, 1.82) is 0 Å². The third kappa shape index (κ3) is 3.71. The molecule has 0 aliphatic carbocycles. The van der Waals surface area contributed by atoms with E-state index in [0.29, 0.717) is 0 Å². The number of benzene rings is 1. The van der Waals surface area contributed by atoms with E-state index in [1.165, 1.54) is 12.8 Å². The normalized spacial score (nSPS) is 15.5. The van der Waals surface area contributed by atoms with Crippen molar-refractivity contribution in [2.45, 2.75) is 19.8 Å². The lowest BCUT2D eigenvalue weighted by Crippen LogP contribution is -2.20. The van der Waals surface area contributed by atoms with Crippen molar-refractivity contribution in [2.24, 2.45) is 0 Å². The summed E-state index contributed by atoms with van der Waals surface area (Å²) in [5, 5.41) is 2.95. The first-order chi connectivity index (χ1) is 9.31. The predicted molar refractivity (Wildman–Crippen MR) is 80.5 cm³/mol. The molecule has 1 aliphatic heterocycles. The molecule has 1 aromatic carbocycles. The Labute approximate surface area is 114 Å². The van der Waals surface area contributed by atoms with E-state index in [2.05, 4.69) is 16.3 Å². The molecule has 0 radical (unpaired) electrons. The fraction of sp³-hybridized carbons (Fsp3) is 0.312. The second-order valence-corrected chi connectivity index (χ2v) is 4.59. The van der Waals surface area contributed by atoms with E-state index in [0.717, 1.165) is 24.5 Å². The summed E-state index contributed by atoms with van der Waals surface area (Å²) >= 11 is 0. The maximum atomic E-state index is 11.8. The van der Waals surface area contributed by atoms with Crippen LogP contribution < -0.4 is 10.2 Å². The molecule has 2 rings (SSSR count). The summed E-state index contributed by atoms with van der Waals surface area (Å²) in [5.74, 6) is -0.0928. The average Bonchev–Trinajstić information content (AvgIpc) is 2.93. The number of carbonyl (C=O) groups excluding carboxylic acids is 1. The smallest absolute Gasteiger partial charge is 0.248 e. The summed E-state index contributed by atoms with van der Waals surface area (Å²) in [6.45, 7) is 4.06. The highest BCUT2D eigenvalue weighted by molar-refractivity contribution is 6.01. The molecule has 100 valence electrons. The van der Waals surface area contributed by atoms with E-state index in [-0.39, 0.29) is 5.91 Å². The van der Waals surface area contributed by atoms with Gasteiger partial charge in [-0.2, -0.15) is 0 Å². The molecule has 19 heavy (non-hydrogen) atoms. The van der Waals surface area contributed by atoms with Crippen LogP contribution in [-0.4, -0.2) is 19.0 Å². The summed E-state index contributed by atoms with van der Waals surface area (Å²) in [6, 6.07) is 7.98. The summed E-state index contributed by atoms with van der Waals surface area (Å²) in [5.41, 5.74) is 2.01. The second-order valence-electron chi connectivity index (χ2n) is 4.59. The molecular weight excluding hydrogens is 236 g/mol. The summed E-state index contributed by atoms with van der Waals surface area (Å²) < 4.78 is 0. The first kappa shape index (κ1) is 13.4. The van der Waals surface area contributed by atoms with E-state index >= 15 is 0 Å². The number of rotatable bonds is 4. The van der Waals surface area contributed by atoms with Crippen molar-refractivity contribution in [2.75, 3.05) is 23.3 Å². The van der Waals surface area contributed by atoms with Gasteiger partial charge in [0.1, 0.15) is 0 Å². The van der Waals surface area contributed by atoms with Gasteiger partial charge in [0.25, 0.3) is 0 Å². The lowest BCUT2D eigenvalue weighted by Gasteiger charge is -2.21. The number of hydrogen-bond donors (Lipinski definition) is 1. The molecule has 1 heterocycles. The lowest BCUT2D eigenvalue weighted by molar-refractivity contribution is -0.111. The van der Waals surface area contributed by atoms with Crippen LogP contribution in [0.4, 0.5) is 11.4 Å². The van der Waals surface area contributed by atoms with Gasteiger partial charge in [-0.15, -0.1) is 0 Å². The van der Waals surface area contributed by atoms with Crippen LogP contribution >= 0.6 is 0 Å². The Morgan fingerprint density at radius 3 is 2.68 bits per heavy atom. The van der Waals surface area contributed by atoms with Gasteiger partial charge in [0.15, 0.2) is 0 Å². The predicted octanol–water partition coefficient (Wildman–Crippen LogP) is 3.36. The summed E-state index contributed by atoms with van der Waals surface area (Å²) in [4.78, 5) is 14.1. The van der Waals surface area contributed by atoms with Gasteiger partial charge in [-0.3, -0.25) is 4.79 Å². The number of carbonyl (C=O) groups is 1. The van der Waals surface area contributed by atoms with Gasteiger partial charge in [-0.1, -0.05) is 30.4 Å². The van der Waals surface area contributed by atoms with Crippen LogP contribution in [0.2, 0.25) is 0 Å². The maximum absolute atomic E-state index is 11.8. The zero-order chi connectivity index (χ0) is 13.5. The standard InChI is InChI=1S/C16H20N2O/c1-2-3-4-11-16(19)17-14-9-5-6-10-15(14)18-12-7-8-13-18/h2-6,9-11H,7-8,12-13H2,1H3,(H,17,19)/b3-2+,11-4+. The van der Waals surface area contributed by atoms with Gasteiger partial charge < -0.3 is 10.2 Å². The average molecular weight is 256 g/mol. The number of anilines is 2. The highest BCUT2D eigenvalue weighted by Gasteiger charge is 2.15. The lowest BCUT2D eigenvalue weighted by atomic mass is 10.2. The monoisotopic (exact) mass is 256 g/mol. The molecule has 1 aromatic rings. The molecule has 0 aromatic heterocycles. The Bertz CT molecular complexity index is 485. The van der Waals surface area contributed by atoms with Crippen molar-refractivity contribution in [1.82, 2.24) is 0 Å². The second kappa shape index (κ2) is 6.78. The fourth-order valence-electron chi connectivity index (χ4n) is 2.24. The molecular formula is C16H20N2O. The van der Waals surface area contributed by atoms with Crippen LogP contribution in [0.3, 0.4) is 0 Å². The van der Waals surface area contributed by atoms with Gasteiger partial charge >= 0.3 is 0 Å². The molecule has 3 nitrogen and oxygen atoms in total.